The van der Waals surface area contributed by atoms with Gasteiger partial charge in [-0.25, -0.2) is 0 Å². The predicted molar refractivity (Wildman–Crippen MR) is 123 cm³/mol. The Morgan fingerprint density at radius 1 is 1.22 bits per heavy atom. The molecule has 6 nitrogen and oxygen atoms in total. The number of amides is 1. The van der Waals surface area contributed by atoms with E-state index in [1.54, 1.807) is 6.26 Å². The van der Waals surface area contributed by atoms with Crippen LogP contribution in [-0.4, -0.2) is 48.5 Å². The molecule has 0 bridgehead atoms. The van der Waals surface area contributed by atoms with Crippen molar-refractivity contribution in [1.29, 1.82) is 0 Å². The second-order valence-corrected chi connectivity index (χ2v) is 8.92. The Labute approximate surface area is 190 Å². The van der Waals surface area contributed by atoms with Crippen molar-refractivity contribution in [2.45, 2.75) is 70.1 Å². The van der Waals surface area contributed by atoms with Crippen LogP contribution in [0.15, 0.2) is 46.8 Å². The van der Waals surface area contributed by atoms with E-state index >= 15 is 0 Å². The third kappa shape index (κ3) is 4.71. The summed E-state index contributed by atoms with van der Waals surface area (Å²) >= 11 is 0. The first-order valence-corrected chi connectivity index (χ1v) is 12.0. The summed E-state index contributed by atoms with van der Waals surface area (Å²) in [5.41, 5.74) is 1.85. The van der Waals surface area contributed by atoms with E-state index in [2.05, 4.69) is 0 Å². The fraction of sp³-hybridized carbons (Fsp3) is 0.577. The van der Waals surface area contributed by atoms with E-state index in [9.17, 15) is 9.90 Å². The zero-order chi connectivity index (χ0) is 22.5. The van der Waals surface area contributed by atoms with Gasteiger partial charge in [0.25, 0.3) is 5.91 Å². The number of ether oxygens (including phenoxy) is 2. The normalized spacial score (nSPS) is 24.2. The third-order valence-electron chi connectivity index (χ3n) is 6.94. The lowest BCUT2D eigenvalue weighted by Gasteiger charge is -2.38. The number of rotatable bonds is 8. The van der Waals surface area contributed by atoms with Crippen molar-refractivity contribution < 1.29 is 23.8 Å². The molecule has 1 N–H and O–H groups in total. The van der Waals surface area contributed by atoms with Crippen LogP contribution in [0, 0.1) is 5.92 Å². The van der Waals surface area contributed by atoms with Gasteiger partial charge in [0, 0.05) is 49.1 Å². The van der Waals surface area contributed by atoms with Crippen molar-refractivity contribution in [3.63, 3.8) is 0 Å². The van der Waals surface area contributed by atoms with E-state index in [4.69, 9.17) is 13.9 Å². The van der Waals surface area contributed by atoms with Crippen LogP contribution in [0.2, 0.25) is 0 Å². The number of furan rings is 1. The fourth-order valence-electron chi connectivity index (χ4n) is 5.18. The van der Waals surface area contributed by atoms with E-state index < -0.39 is 6.29 Å². The number of allylic oxidation sites excluding steroid dienone is 1. The molecule has 2 aromatic rings. The molecule has 1 saturated carbocycles. The number of aliphatic hydroxyl groups is 1. The minimum atomic E-state index is -0.547. The molecule has 0 spiro atoms. The lowest BCUT2D eigenvalue weighted by molar-refractivity contribution is -0.170. The van der Waals surface area contributed by atoms with Gasteiger partial charge in [-0.3, -0.25) is 4.79 Å². The second-order valence-electron chi connectivity index (χ2n) is 8.92. The largest absolute Gasteiger partial charge is 0.464 e. The molecule has 1 amide bonds. The number of fused-ring (bicyclic) bond motifs is 1. The molecule has 2 aliphatic rings. The molecule has 174 valence electrons. The molecule has 0 saturated heterocycles. The standard InChI is InChI=1S/C26H35NO5/c1-3-30-26-20(13-9-15-28)21(22-17-31-23-14-8-7-12-19(22)23)16-24(32-26)25(29)27(2)18-10-5-4-6-11-18/h7-8,12,14,16-18,20-21,26,28H,3-6,9-11,13,15H2,1-2H3/t20-,21+,26-/m1/s1. The Morgan fingerprint density at radius 2 is 2.00 bits per heavy atom. The smallest absolute Gasteiger partial charge is 0.288 e. The van der Waals surface area contributed by atoms with E-state index in [1.165, 1.54) is 6.42 Å². The summed E-state index contributed by atoms with van der Waals surface area (Å²) in [5.74, 6) is 0.140. The second kappa shape index (κ2) is 10.5. The molecular formula is C26H35NO5. The minimum absolute atomic E-state index is 0.0281. The van der Waals surface area contributed by atoms with Gasteiger partial charge in [0.15, 0.2) is 5.76 Å². The molecule has 6 heteroatoms. The van der Waals surface area contributed by atoms with E-state index in [1.807, 2.05) is 49.2 Å². The highest BCUT2D eigenvalue weighted by Crippen LogP contribution is 2.42. The lowest BCUT2D eigenvalue weighted by atomic mass is 9.80. The van der Waals surface area contributed by atoms with Crippen molar-refractivity contribution in [2.75, 3.05) is 20.3 Å². The first kappa shape index (κ1) is 22.9. The third-order valence-corrected chi connectivity index (χ3v) is 6.94. The maximum atomic E-state index is 13.5. The van der Waals surface area contributed by atoms with E-state index in [0.717, 1.165) is 48.6 Å². The molecule has 3 atom stereocenters. The molecule has 4 rings (SSSR count). The van der Waals surface area contributed by atoms with Crippen molar-refractivity contribution in [3.8, 4) is 0 Å². The summed E-state index contributed by atoms with van der Waals surface area (Å²) in [5, 5.41) is 10.5. The summed E-state index contributed by atoms with van der Waals surface area (Å²) in [6, 6.07) is 8.21. The van der Waals surface area contributed by atoms with E-state index in [-0.39, 0.29) is 30.4 Å². The average molecular weight is 442 g/mol. The quantitative estimate of drug-likeness (QED) is 0.626. The van der Waals surface area contributed by atoms with Gasteiger partial charge in [0.05, 0.1) is 6.26 Å². The van der Waals surface area contributed by atoms with Gasteiger partial charge >= 0.3 is 0 Å². The molecule has 1 aromatic carbocycles. The number of aliphatic hydroxyl groups excluding tert-OH is 1. The number of hydrogen-bond acceptors (Lipinski definition) is 5. The van der Waals surface area contributed by atoms with Crippen LogP contribution in [0.1, 0.15) is 63.4 Å². The topological polar surface area (TPSA) is 72.1 Å². The Morgan fingerprint density at radius 3 is 2.75 bits per heavy atom. The maximum Gasteiger partial charge on any atom is 0.288 e. The number of carbonyl (C=O) groups is 1. The monoisotopic (exact) mass is 441 g/mol. The number of hydrogen-bond donors (Lipinski definition) is 1. The van der Waals surface area contributed by atoms with Gasteiger partial charge in [-0.2, -0.15) is 0 Å². The first-order valence-electron chi connectivity index (χ1n) is 12.0. The highest BCUT2D eigenvalue weighted by atomic mass is 16.7. The highest BCUT2D eigenvalue weighted by molar-refractivity contribution is 5.92. The average Bonchev–Trinajstić information content (AvgIpc) is 3.26. The van der Waals surface area contributed by atoms with E-state index in [0.29, 0.717) is 18.8 Å². The minimum Gasteiger partial charge on any atom is -0.464 e. The number of nitrogens with zero attached hydrogens (tertiary/aromatic N) is 1. The Bertz CT molecular complexity index is 929. The van der Waals surface area contributed by atoms with Crippen LogP contribution in [0.4, 0.5) is 0 Å². The van der Waals surface area contributed by atoms with Crippen molar-refractivity contribution in [1.82, 2.24) is 4.90 Å². The molecule has 1 fully saturated rings. The summed E-state index contributed by atoms with van der Waals surface area (Å²) in [7, 11) is 1.89. The first-order chi connectivity index (χ1) is 15.6. The van der Waals surface area contributed by atoms with Gasteiger partial charge < -0.3 is 23.9 Å². The molecule has 0 unspecified atom stereocenters. The van der Waals surface area contributed by atoms with Gasteiger partial charge in [0.1, 0.15) is 5.58 Å². The summed E-state index contributed by atoms with van der Waals surface area (Å²) in [4.78, 5) is 15.3. The zero-order valence-corrected chi connectivity index (χ0v) is 19.2. The van der Waals surface area contributed by atoms with Gasteiger partial charge in [-0.05, 0) is 44.7 Å². The molecule has 1 aliphatic carbocycles. The number of benzene rings is 1. The van der Waals surface area contributed by atoms with Gasteiger partial charge in [-0.1, -0.05) is 37.5 Å². The van der Waals surface area contributed by atoms with Gasteiger partial charge in [0.2, 0.25) is 6.29 Å². The van der Waals surface area contributed by atoms with Crippen LogP contribution < -0.4 is 0 Å². The Kier molecular flexibility index (Phi) is 7.53. The Hall–Kier alpha value is -2.31. The van der Waals surface area contributed by atoms with Crippen molar-refractivity contribution in [2.24, 2.45) is 5.92 Å². The molecule has 0 radical (unpaired) electrons. The summed E-state index contributed by atoms with van der Waals surface area (Å²) < 4.78 is 18.0. The number of carbonyl (C=O) groups excluding carboxylic acids is 1. The van der Waals surface area contributed by atoms with Crippen LogP contribution in [0.5, 0.6) is 0 Å². The van der Waals surface area contributed by atoms with Gasteiger partial charge in [-0.15, -0.1) is 0 Å². The van der Waals surface area contributed by atoms with Crippen LogP contribution in [0.25, 0.3) is 11.0 Å². The molecular weight excluding hydrogens is 406 g/mol. The predicted octanol–water partition coefficient (Wildman–Crippen LogP) is 4.97. The maximum absolute atomic E-state index is 13.5. The van der Waals surface area contributed by atoms with Crippen molar-refractivity contribution >= 4 is 16.9 Å². The van der Waals surface area contributed by atoms with Crippen LogP contribution >= 0.6 is 0 Å². The van der Waals surface area contributed by atoms with Crippen LogP contribution in [-0.2, 0) is 14.3 Å². The fourth-order valence-corrected chi connectivity index (χ4v) is 5.18. The highest BCUT2D eigenvalue weighted by Gasteiger charge is 2.40. The Balaban J connectivity index is 1.70. The molecule has 1 aliphatic heterocycles. The zero-order valence-electron chi connectivity index (χ0n) is 19.2. The number of para-hydroxylation sites is 1. The lowest BCUT2D eigenvalue weighted by Crippen LogP contribution is -2.43. The SMILES string of the molecule is CCO[C@@H]1OC(C(=O)N(C)C2CCCCC2)=C[C@H](c2coc3ccccc23)[C@H]1CCCO. The summed E-state index contributed by atoms with van der Waals surface area (Å²) in [6.45, 7) is 2.52. The van der Waals surface area contributed by atoms with Crippen molar-refractivity contribution in [3.05, 3.63) is 47.9 Å². The van der Waals surface area contributed by atoms with Crippen LogP contribution in [0.3, 0.4) is 0 Å². The molecule has 32 heavy (non-hydrogen) atoms. The summed E-state index contributed by atoms with van der Waals surface area (Å²) in [6.07, 6.45) is 10.2. The number of likely N-dealkylation sites (N-methyl/N-ethyl adjacent to an activating group) is 1. The molecule has 1 aromatic heterocycles. The molecule has 2 heterocycles.